The number of amides is 2. The number of aliphatic carboxylic acids is 1. The Hall–Kier alpha value is -1.11. The van der Waals surface area contributed by atoms with Gasteiger partial charge >= 0.3 is 12.0 Å². The molecule has 6 nitrogen and oxygen atoms in total. The van der Waals surface area contributed by atoms with E-state index in [1.807, 2.05) is 0 Å². The highest BCUT2D eigenvalue weighted by Crippen LogP contribution is 1.88. The monoisotopic (exact) mass is 222 g/mol. The molecule has 0 heterocycles. The number of hydrogen-bond donors (Lipinski definition) is 3. The summed E-state index contributed by atoms with van der Waals surface area (Å²) < 4.78 is 10.9. The Labute approximate surface area is 84.5 Å². The number of rotatable bonds is 5. The zero-order valence-corrected chi connectivity index (χ0v) is 8.89. The molecule has 82 valence electrons. The average Bonchev–Trinajstić information content (AvgIpc) is 2.10. The van der Waals surface area contributed by atoms with Crippen molar-refractivity contribution in [3.8, 4) is 0 Å². The summed E-state index contributed by atoms with van der Waals surface area (Å²) in [6.45, 7) is 1.57. The van der Waals surface area contributed by atoms with Gasteiger partial charge in [0.2, 0.25) is 0 Å². The normalized spacial score (nSPS) is 14.1. The Morgan fingerprint density at radius 2 is 2.00 bits per heavy atom. The van der Waals surface area contributed by atoms with Crippen LogP contribution >= 0.6 is 0 Å². The van der Waals surface area contributed by atoms with Crippen molar-refractivity contribution in [2.75, 3.05) is 19.3 Å². The van der Waals surface area contributed by atoms with Gasteiger partial charge in [0.15, 0.2) is 0 Å². The molecule has 2 amide bonds. The Morgan fingerprint density at radius 1 is 1.43 bits per heavy atom. The molecule has 0 aromatic heterocycles. The molecule has 0 saturated heterocycles. The second kappa shape index (κ2) is 6.36. The molecule has 0 aromatic rings. The SMILES string of the molecule is CC(CNC(=O)NCC(=O)O)S(C)=O. The molecule has 0 fully saturated rings. The quantitative estimate of drug-likeness (QED) is 0.564. The van der Waals surface area contributed by atoms with Gasteiger partial charge < -0.3 is 15.7 Å². The van der Waals surface area contributed by atoms with Crippen molar-refractivity contribution in [1.82, 2.24) is 10.6 Å². The van der Waals surface area contributed by atoms with Crippen molar-refractivity contribution >= 4 is 22.8 Å². The molecular formula is C7H14N2O4S. The van der Waals surface area contributed by atoms with Gasteiger partial charge in [-0.1, -0.05) is 0 Å². The fourth-order valence-corrected chi connectivity index (χ4v) is 0.890. The van der Waals surface area contributed by atoms with E-state index in [1.165, 1.54) is 0 Å². The first-order valence-corrected chi connectivity index (χ1v) is 5.61. The van der Waals surface area contributed by atoms with Crippen LogP contribution in [0.3, 0.4) is 0 Å². The number of carbonyl (C=O) groups is 2. The van der Waals surface area contributed by atoms with E-state index in [0.29, 0.717) is 0 Å². The first kappa shape index (κ1) is 12.9. The molecule has 0 aliphatic heterocycles. The second-order valence-corrected chi connectivity index (χ2v) is 4.57. The van der Waals surface area contributed by atoms with Crippen LogP contribution in [0.4, 0.5) is 4.79 Å². The third-order valence-electron chi connectivity index (χ3n) is 1.52. The van der Waals surface area contributed by atoms with E-state index in [1.54, 1.807) is 13.2 Å². The number of carboxylic acid groups (broad SMARTS) is 1. The minimum Gasteiger partial charge on any atom is -0.480 e. The average molecular weight is 222 g/mol. The summed E-state index contributed by atoms with van der Waals surface area (Å²) in [5.74, 6) is -1.10. The van der Waals surface area contributed by atoms with Crippen molar-refractivity contribution in [1.29, 1.82) is 0 Å². The van der Waals surface area contributed by atoms with Crippen molar-refractivity contribution in [2.24, 2.45) is 0 Å². The summed E-state index contributed by atoms with van der Waals surface area (Å²) in [6.07, 6.45) is 1.54. The number of carboxylic acids is 1. The summed E-state index contributed by atoms with van der Waals surface area (Å²) in [6, 6.07) is -0.565. The summed E-state index contributed by atoms with van der Waals surface area (Å²) in [5.41, 5.74) is 0. The molecule has 2 unspecified atom stereocenters. The smallest absolute Gasteiger partial charge is 0.323 e. The van der Waals surface area contributed by atoms with Gasteiger partial charge in [-0.15, -0.1) is 0 Å². The molecule has 0 bridgehead atoms. The van der Waals surface area contributed by atoms with Gasteiger partial charge in [-0.05, 0) is 6.92 Å². The molecule has 0 radical (unpaired) electrons. The lowest BCUT2D eigenvalue weighted by Gasteiger charge is -2.09. The van der Waals surface area contributed by atoms with E-state index in [-0.39, 0.29) is 11.8 Å². The van der Waals surface area contributed by atoms with E-state index in [0.717, 1.165) is 0 Å². The van der Waals surface area contributed by atoms with E-state index < -0.39 is 29.3 Å². The summed E-state index contributed by atoms with van der Waals surface area (Å²) >= 11 is 0. The van der Waals surface area contributed by atoms with Crippen LogP contribution in [0, 0.1) is 0 Å². The van der Waals surface area contributed by atoms with Crippen molar-refractivity contribution in [2.45, 2.75) is 12.2 Å². The summed E-state index contributed by atoms with van der Waals surface area (Å²) in [5, 5.41) is 12.6. The Morgan fingerprint density at radius 3 is 2.43 bits per heavy atom. The molecule has 2 atom stereocenters. The number of carbonyl (C=O) groups excluding carboxylic acids is 1. The maximum Gasteiger partial charge on any atom is 0.323 e. The van der Waals surface area contributed by atoms with Gasteiger partial charge in [-0.2, -0.15) is 0 Å². The lowest BCUT2D eigenvalue weighted by atomic mass is 10.5. The Bertz CT molecular complexity index is 244. The predicted octanol–water partition coefficient (Wildman–Crippen LogP) is -0.863. The lowest BCUT2D eigenvalue weighted by molar-refractivity contribution is -0.135. The summed E-state index contributed by atoms with van der Waals surface area (Å²) in [4.78, 5) is 20.9. The van der Waals surface area contributed by atoms with Gasteiger partial charge in [0.1, 0.15) is 6.54 Å². The number of nitrogens with one attached hydrogen (secondary N) is 2. The van der Waals surface area contributed by atoms with Crippen LogP contribution in [0.2, 0.25) is 0 Å². The molecule has 3 N–H and O–H groups in total. The molecule has 0 spiro atoms. The third kappa shape index (κ3) is 6.41. The number of urea groups is 1. The Balaban J connectivity index is 3.64. The van der Waals surface area contributed by atoms with E-state index >= 15 is 0 Å². The predicted molar refractivity (Wildman–Crippen MR) is 52.6 cm³/mol. The maximum absolute atomic E-state index is 10.9. The molecule has 0 rings (SSSR count). The highest BCUT2D eigenvalue weighted by molar-refractivity contribution is 7.84. The van der Waals surface area contributed by atoms with Crippen LogP contribution < -0.4 is 10.6 Å². The number of hydrogen-bond acceptors (Lipinski definition) is 3. The highest BCUT2D eigenvalue weighted by Gasteiger charge is 2.08. The van der Waals surface area contributed by atoms with Crippen molar-refractivity contribution in [3.63, 3.8) is 0 Å². The topological polar surface area (TPSA) is 95.5 Å². The van der Waals surface area contributed by atoms with Crippen LogP contribution in [0.15, 0.2) is 0 Å². The van der Waals surface area contributed by atoms with E-state index in [4.69, 9.17) is 5.11 Å². The minimum atomic E-state index is -1.10. The van der Waals surface area contributed by atoms with Crippen molar-refractivity contribution in [3.05, 3.63) is 0 Å². The molecular weight excluding hydrogens is 208 g/mol. The minimum absolute atomic E-state index is 0.148. The van der Waals surface area contributed by atoms with Crippen LogP contribution in [-0.2, 0) is 15.6 Å². The van der Waals surface area contributed by atoms with E-state index in [9.17, 15) is 13.8 Å². The van der Waals surface area contributed by atoms with Crippen LogP contribution in [0.5, 0.6) is 0 Å². The molecule has 14 heavy (non-hydrogen) atoms. The fourth-order valence-electron chi connectivity index (χ4n) is 0.572. The largest absolute Gasteiger partial charge is 0.480 e. The van der Waals surface area contributed by atoms with Crippen LogP contribution in [0.1, 0.15) is 6.92 Å². The first-order chi connectivity index (χ1) is 6.43. The zero-order chi connectivity index (χ0) is 11.1. The van der Waals surface area contributed by atoms with E-state index in [2.05, 4.69) is 10.6 Å². The molecule has 0 saturated carbocycles. The van der Waals surface area contributed by atoms with Crippen LogP contribution in [0.25, 0.3) is 0 Å². The van der Waals surface area contributed by atoms with Crippen molar-refractivity contribution < 1.29 is 18.9 Å². The van der Waals surface area contributed by atoms with Gasteiger partial charge in [0, 0.05) is 28.9 Å². The highest BCUT2D eigenvalue weighted by atomic mass is 32.2. The fraction of sp³-hybridized carbons (Fsp3) is 0.714. The van der Waals surface area contributed by atoms with Gasteiger partial charge in [0.25, 0.3) is 0 Å². The van der Waals surface area contributed by atoms with Gasteiger partial charge in [-0.3, -0.25) is 9.00 Å². The second-order valence-electron chi connectivity index (χ2n) is 2.77. The van der Waals surface area contributed by atoms with Gasteiger partial charge in [-0.25, -0.2) is 4.79 Å². The standard InChI is InChI=1S/C7H14N2O4S/c1-5(14(2)13)3-8-7(12)9-4-6(10)11/h5H,3-4H2,1-2H3,(H,10,11)(H2,8,9,12). The lowest BCUT2D eigenvalue weighted by Crippen LogP contribution is -2.41. The maximum atomic E-state index is 10.9. The summed E-state index contributed by atoms with van der Waals surface area (Å²) in [7, 11) is -0.998. The van der Waals surface area contributed by atoms with Gasteiger partial charge in [0.05, 0.1) is 0 Å². The first-order valence-electron chi connectivity index (χ1n) is 3.99. The molecule has 0 aromatic carbocycles. The van der Waals surface area contributed by atoms with Crippen LogP contribution in [-0.4, -0.2) is 45.9 Å². The molecule has 7 heteroatoms. The molecule has 0 aliphatic rings. The molecule has 0 aliphatic carbocycles. The zero-order valence-electron chi connectivity index (χ0n) is 8.07. The third-order valence-corrected chi connectivity index (χ3v) is 2.82. The Kier molecular flexibility index (Phi) is 5.86.